The minimum atomic E-state index is -0.904. The molecule has 2 aromatic rings. The van der Waals surface area contributed by atoms with Crippen LogP contribution in [0.2, 0.25) is 0 Å². The van der Waals surface area contributed by atoms with Crippen LogP contribution in [0.4, 0.5) is 0 Å². The topological polar surface area (TPSA) is 124 Å². The Morgan fingerprint density at radius 3 is 2.57 bits per heavy atom. The first kappa shape index (κ1) is 35.0. The summed E-state index contributed by atoms with van der Waals surface area (Å²) in [5, 5.41) is 28.9. The van der Waals surface area contributed by atoms with Gasteiger partial charge in [-0.25, -0.2) is 0 Å². The van der Waals surface area contributed by atoms with Gasteiger partial charge in [-0.05, 0) is 75.7 Å². The lowest BCUT2D eigenvalue weighted by atomic mass is 9.46. The minimum absolute atomic E-state index is 0.140. The maximum absolute atomic E-state index is 14.1. The van der Waals surface area contributed by atoms with Gasteiger partial charge >= 0.3 is 0 Å². The number of hydrogen-bond acceptors (Lipinski definition) is 8. The summed E-state index contributed by atoms with van der Waals surface area (Å²) in [5.41, 5.74) is 4.20. The fraction of sp³-hybridized carbons (Fsp3) is 0.568. The van der Waals surface area contributed by atoms with Gasteiger partial charge in [0, 0.05) is 35.7 Å². The molecule has 7 atom stereocenters. The van der Waals surface area contributed by atoms with Crippen molar-refractivity contribution in [2.75, 3.05) is 40.4 Å². The van der Waals surface area contributed by atoms with Crippen molar-refractivity contribution in [3.05, 3.63) is 65.7 Å². The monoisotopic (exact) mass is 648 g/mol. The molecule has 2 aromatic carbocycles. The summed E-state index contributed by atoms with van der Waals surface area (Å²) in [7, 11) is 3.92. The van der Waals surface area contributed by atoms with Gasteiger partial charge in [0.05, 0.1) is 31.9 Å². The lowest BCUT2D eigenvalue weighted by Gasteiger charge is -2.60. The van der Waals surface area contributed by atoms with Crippen molar-refractivity contribution < 1.29 is 29.4 Å². The number of benzene rings is 2. The Morgan fingerprint density at radius 1 is 1.19 bits per heavy atom. The number of ether oxygens (including phenoxy) is 1. The maximum atomic E-state index is 14.1. The first-order valence-electron chi connectivity index (χ1n) is 16.9. The van der Waals surface area contributed by atoms with Gasteiger partial charge in [0.25, 0.3) is 5.91 Å². The highest BCUT2D eigenvalue weighted by Gasteiger charge is 2.56. The van der Waals surface area contributed by atoms with Crippen molar-refractivity contribution in [2.45, 2.75) is 71.4 Å². The van der Waals surface area contributed by atoms with Crippen LogP contribution >= 0.6 is 0 Å². The summed E-state index contributed by atoms with van der Waals surface area (Å²) in [4.78, 5) is 35.2. The Hall–Kier alpha value is -3.28. The van der Waals surface area contributed by atoms with Gasteiger partial charge < -0.3 is 30.5 Å². The molecule has 0 unspecified atom stereocenters. The Morgan fingerprint density at radius 2 is 1.94 bits per heavy atom. The zero-order chi connectivity index (χ0) is 34.0. The summed E-state index contributed by atoms with van der Waals surface area (Å²) in [6.45, 7) is 14.0. The number of para-hydroxylation sites is 1. The second kappa shape index (κ2) is 14.5. The van der Waals surface area contributed by atoms with Crippen molar-refractivity contribution in [3.63, 3.8) is 0 Å². The molecule has 47 heavy (non-hydrogen) atoms. The Kier molecular flexibility index (Phi) is 10.8. The number of carbonyl (C=O) groups excluding carboxylic acids is 2. The summed E-state index contributed by atoms with van der Waals surface area (Å²) in [6.07, 6.45) is 0.293. The van der Waals surface area contributed by atoms with Crippen LogP contribution in [0, 0.1) is 23.2 Å². The van der Waals surface area contributed by atoms with Gasteiger partial charge in [-0.1, -0.05) is 56.3 Å². The average molecular weight is 649 g/mol. The van der Waals surface area contributed by atoms with E-state index >= 15 is 0 Å². The van der Waals surface area contributed by atoms with E-state index in [0.717, 1.165) is 41.6 Å². The number of nitrogens with zero attached hydrogens (tertiary/aromatic N) is 2. The van der Waals surface area contributed by atoms with Crippen molar-refractivity contribution in [1.29, 1.82) is 0 Å². The molecule has 2 amide bonds. The fourth-order valence-electron chi connectivity index (χ4n) is 7.75. The van der Waals surface area contributed by atoms with Crippen LogP contribution < -0.4 is 15.4 Å². The molecule has 1 aliphatic heterocycles. The average Bonchev–Trinajstić information content (AvgIpc) is 3.41. The van der Waals surface area contributed by atoms with Crippen molar-refractivity contribution in [3.8, 4) is 16.9 Å². The number of hydroxylamine groups is 2. The number of rotatable bonds is 13. The van der Waals surface area contributed by atoms with Crippen LogP contribution in [-0.2, 0) is 16.2 Å². The third-order valence-electron chi connectivity index (χ3n) is 10.6. The Labute approximate surface area is 279 Å². The molecule has 4 aliphatic rings. The van der Waals surface area contributed by atoms with Crippen LogP contribution in [0.3, 0.4) is 0 Å². The van der Waals surface area contributed by atoms with Gasteiger partial charge in [-0.2, -0.15) is 5.06 Å². The zero-order valence-electron chi connectivity index (χ0n) is 28.7. The van der Waals surface area contributed by atoms with Gasteiger partial charge in [0.1, 0.15) is 17.9 Å². The molecule has 2 bridgehead atoms. The van der Waals surface area contributed by atoms with Crippen molar-refractivity contribution in [2.24, 2.45) is 23.2 Å². The van der Waals surface area contributed by atoms with Crippen LogP contribution in [0.5, 0.6) is 5.75 Å². The number of amides is 2. The summed E-state index contributed by atoms with van der Waals surface area (Å²) in [6, 6.07) is 12.2. The predicted octanol–water partition coefficient (Wildman–Crippen LogP) is 3.62. The Balaban J connectivity index is 1.41. The molecule has 1 saturated heterocycles. The molecule has 10 heteroatoms. The highest BCUT2D eigenvalue weighted by Crippen LogP contribution is 2.60. The van der Waals surface area contributed by atoms with Crippen molar-refractivity contribution >= 4 is 11.8 Å². The van der Waals surface area contributed by atoms with E-state index in [1.54, 1.807) is 18.1 Å². The molecule has 0 spiro atoms. The normalized spacial score (nSPS) is 27.3. The number of carbonyl (C=O) groups is 2. The van der Waals surface area contributed by atoms with E-state index in [9.17, 15) is 19.8 Å². The van der Waals surface area contributed by atoms with E-state index in [4.69, 9.17) is 9.57 Å². The number of aliphatic hydroxyl groups is 2. The molecule has 3 saturated carbocycles. The molecule has 0 aromatic heterocycles. The van der Waals surface area contributed by atoms with E-state index in [1.165, 1.54) is 0 Å². The number of fused-ring (bicyclic) bond motifs is 2. The molecule has 256 valence electrons. The molecule has 4 fully saturated rings. The van der Waals surface area contributed by atoms with E-state index in [0.29, 0.717) is 36.3 Å². The lowest BCUT2D eigenvalue weighted by Crippen LogP contribution is -2.59. The summed E-state index contributed by atoms with van der Waals surface area (Å²) in [5.74, 6) is 0.466. The molecule has 4 N–H and O–H groups in total. The maximum Gasteiger partial charge on any atom is 0.251 e. The minimum Gasteiger partial charge on any atom is -0.493 e. The van der Waals surface area contributed by atoms with Crippen molar-refractivity contribution in [1.82, 2.24) is 20.6 Å². The summed E-state index contributed by atoms with van der Waals surface area (Å²) >= 11 is 0. The Bertz CT molecular complexity index is 1460. The van der Waals surface area contributed by atoms with Crippen LogP contribution in [0.25, 0.3) is 11.1 Å². The SMILES string of the molecule is C=C1[C@@H](NC(=O)[C@@H]2[C@@H]([C@H](C)O)[C@H](CO)ON2Cc2cccc(-c3cccc(C(=O)NCCN(C)C)c3)c2OCC)C[C@H]2C[C@@H]1C2(C)C. The number of nitrogens with one attached hydrogen (secondary N) is 2. The molecular formula is C37H52N4O6. The highest BCUT2D eigenvalue weighted by atomic mass is 16.7. The second-order valence-corrected chi connectivity index (χ2v) is 14.2. The standard InChI is InChI=1S/C37H52N4O6/c1-8-46-34-26(13-10-14-28(34)24-11-9-12-25(17-24)35(44)38-15-16-40(6)7)20-41-33(32(23(3)43)31(21-42)47-41)36(45)39-30-19-27-18-29(22(30)2)37(27,4)5/h9-14,17,23,27,29-33,42-43H,2,8,15-16,18-21H2,1,3-7H3,(H,38,44)(H,39,45)/t23-,27+,29-,30-,31-,32-,33-/m0/s1. The fourth-order valence-corrected chi connectivity index (χ4v) is 7.75. The quantitative estimate of drug-likeness (QED) is 0.243. The number of hydrogen-bond donors (Lipinski definition) is 4. The lowest BCUT2D eigenvalue weighted by molar-refractivity contribution is -0.182. The smallest absolute Gasteiger partial charge is 0.251 e. The largest absolute Gasteiger partial charge is 0.493 e. The van der Waals surface area contributed by atoms with E-state index in [1.807, 2.05) is 62.3 Å². The van der Waals surface area contributed by atoms with Crippen LogP contribution in [-0.4, -0.2) is 96.7 Å². The van der Waals surface area contributed by atoms with Gasteiger partial charge in [0.15, 0.2) is 0 Å². The van der Waals surface area contributed by atoms with Crippen LogP contribution in [0.15, 0.2) is 54.6 Å². The molecule has 0 radical (unpaired) electrons. The van der Waals surface area contributed by atoms with Gasteiger partial charge in [-0.3, -0.25) is 14.4 Å². The summed E-state index contributed by atoms with van der Waals surface area (Å²) < 4.78 is 6.22. The predicted molar refractivity (Wildman–Crippen MR) is 181 cm³/mol. The number of aliphatic hydroxyl groups excluding tert-OH is 2. The van der Waals surface area contributed by atoms with E-state index < -0.39 is 24.2 Å². The molecule has 10 nitrogen and oxygen atoms in total. The number of likely N-dealkylation sites (N-methyl/N-ethyl adjacent to an activating group) is 1. The van der Waals surface area contributed by atoms with Gasteiger partial charge in [0.2, 0.25) is 5.91 Å². The van der Waals surface area contributed by atoms with E-state index in [2.05, 4.69) is 31.1 Å². The van der Waals surface area contributed by atoms with Crippen LogP contribution in [0.1, 0.15) is 56.5 Å². The molecule has 3 aliphatic carbocycles. The highest BCUT2D eigenvalue weighted by molar-refractivity contribution is 5.95. The molecule has 1 heterocycles. The zero-order valence-corrected chi connectivity index (χ0v) is 28.7. The third-order valence-corrected chi connectivity index (χ3v) is 10.6. The van der Waals surface area contributed by atoms with E-state index in [-0.39, 0.29) is 36.4 Å². The second-order valence-electron chi connectivity index (χ2n) is 14.2. The molecular weight excluding hydrogens is 596 g/mol. The van der Waals surface area contributed by atoms with Gasteiger partial charge in [-0.15, -0.1) is 0 Å². The molecule has 6 rings (SSSR count). The third kappa shape index (κ3) is 7.12. The first-order chi connectivity index (χ1) is 22.4. The first-order valence-corrected chi connectivity index (χ1v) is 16.9.